The average molecular weight is 300 g/mol. The molecule has 0 fully saturated rings. The van der Waals surface area contributed by atoms with E-state index in [0.717, 1.165) is 16.7 Å². The summed E-state index contributed by atoms with van der Waals surface area (Å²) in [5.41, 5.74) is 1.59. The third kappa shape index (κ3) is 2.65. The Morgan fingerprint density at radius 3 is 2.76 bits per heavy atom. The van der Waals surface area contributed by atoms with Crippen LogP contribution in [0, 0.1) is 0 Å². The van der Waals surface area contributed by atoms with Crippen molar-refractivity contribution in [1.82, 2.24) is 4.57 Å². The molecule has 0 saturated carbocycles. The smallest absolute Gasteiger partial charge is 0.182 e. The Bertz CT molecular complexity index is 807. The predicted molar refractivity (Wildman–Crippen MR) is 84.3 cm³/mol. The number of rotatable bonds is 4. The molecule has 2 aromatic carbocycles. The highest BCUT2D eigenvalue weighted by molar-refractivity contribution is 6.31. The summed E-state index contributed by atoms with van der Waals surface area (Å²) in [5.74, 6) is 0.833. The minimum Gasteiger partial charge on any atom is -0.496 e. The van der Waals surface area contributed by atoms with Gasteiger partial charge in [0, 0.05) is 22.2 Å². The summed E-state index contributed by atoms with van der Waals surface area (Å²) in [4.78, 5) is 12.4. The van der Waals surface area contributed by atoms with Gasteiger partial charge in [-0.1, -0.05) is 29.8 Å². The van der Waals surface area contributed by atoms with Crippen molar-refractivity contribution in [3.63, 3.8) is 0 Å². The third-order valence-electron chi connectivity index (χ3n) is 3.45. The highest BCUT2D eigenvalue weighted by Crippen LogP contribution is 2.26. The Labute approximate surface area is 127 Å². The first-order chi connectivity index (χ1) is 10.2. The quantitative estimate of drug-likeness (QED) is 0.677. The monoisotopic (exact) mass is 299 g/mol. The first-order valence-corrected chi connectivity index (χ1v) is 6.97. The molecule has 0 N–H and O–H groups in total. The Morgan fingerprint density at radius 1 is 1.19 bits per heavy atom. The predicted octanol–water partition coefficient (Wildman–Crippen LogP) is 4.19. The van der Waals surface area contributed by atoms with Crippen molar-refractivity contribution in [3.05, 3.63) is 65.3 Å². The fourth-order valence-electron chi connectivity index (χ4n) is 2.42. The van der Waals surface area contributed by atoms with Gasteiger partial charge in [0.2, 0.25) is 0 Å². The highest BCUT2D eigenvalue weighted by atomic mass is 35.5. The van der Waals surface area contributed by atoms with Crippen molar-refractivity contribution in [2.75, 3.05) is 7.11 Å². The van der Waals surface area contributed by atoms with Crippen molar-refractivity contribution in [2.45, 2.75) is 6.54 Å². The molecule has 0 spiro atoms. The number of nitrogens with zero attached hydrogens (tertiary/aromatic N) is 1. The maximum Gasteiger partial charge on any atom is 0.182 e. The summed E-state index contributed by atoms with van der Waals surface area (Å²) in [5, 5.41) is 1.57. The number of ether oxygens (including phenoxy) is 1. The summed E-state index contributed by atoms with van der Waals surface area (Å²) in [6, 6.07) is 14.8. The van der Waals surface area contributed by atoms with E-state index >= 15 is 0 Å². The van der Waals surface area contributed by atoms with E-state index in [9.17, 15) is 4.79 Å². The van der Waals surface area contributed by atoms with Crippen LogP contribution in [0.15, 0.2) is 54.7 Å². The normalized spacial score (nSPS) is 10.8. The zero-order valence-corrected chi connectivity index (χ0v) is 12.3. The van der Waals surface area contributed by atoms with Gasteiger partial charge in [-0.3, -0.25) is 4.79 Å². The van der Waals surface area contributed by atoms with Crippen LogP contribution in [0.1, 0.15) is 10.4 Å². The van der Waals surface area contributed by atoms with Crippen LogP contribution in [0.5, 0.6) is 5.75 Å². The van der Waals surface area contributed by atoms with Gasteiger partial charge in [0.25, 0.3) is 0 Å². The van der Waals surface area contributed by atoms with E-state index in [4.69, 9.17) is 16.3 Å². The standard InChI is InChI=1S/C17H14ClNO2/c1-21-17-7-3-6-15-14(17)8-9-19(15)11-16(20)12-4-2-5-13(18)10-12/h2-10H,11H2,1H3. The van der Waals surface area contributed by atoms with Crippen molar-refractivity contribution >= 4 is 28.3 Å². The molecular formula is C17H14ClNO2. The topological polar surface area (TPSA) is 31.2 Å². The number of aromatic nitrogens is 1. The molecule has 0 amide bonds. The Morgan fingerprint density at radius 2 is 2.00 bits per heavy atom. The number of ketones is 1. The molecule has 0 radical (unpaired) electrons. The largest absolute Gasteiger partial charge is 0.496 e. The molecule has 0 unspecified atom stereocenters. The van der Waals surface area contributed by atoms with Gasteiger partial charge in [-0.2, -0.15) is 0 Å². The Hall–Kier alpha value is -2.26. The van der Waals surface area contributed by atoms with Gasteiger partial charge < -0.3 is 9.30 Å². The number of hydrogen-bond donors (Lipinski definition) is 0. The van der Waals surface area contributed by atoms with Crippen LogP contribution in [-0.2, 0) is 6.54 Å². The van der Waals surface area contributed by atoms with Gasteiger partial charge in [-0.05, 0) is 30.3 Å². The van der Waals surface area contributed by atoms with Crippen LogP contribution in [0.25, 0.3) is 10.9 Å². The second kappa shape index (κ2) is 5.62. The molecule has 4 heteroatoms. The SMILES string of the molecule is COc1cccc2c1ccn2CC(=O)c1cccc(Cl)c1. The fourth-order valence-corrected chi connectivity index (χ4v) is 2.61. The first kappa shape index (κ1) is 13.7. The van der Waals surface area contributed by atoms with Crippen LogP contribution in [-0.4, -0.2) is 17.5 Å². The maximum absolute atomic E-state index is 12.4. The van der Waals surface area contributed by atoms with Gasteiger partial charge in [0.1, 0.15) is 5.75 Å². The number of halogens is 1. The van der Waals surface area contributed by atoms with Crippen molar-refractivity contribution in [2.24, 2.45) is 0 Å². The van der Waals surface area contributed by atoms with E-state index in [1.807, 2.05) is 35.0 Å². The molecule has 0 bridgehead atoms. The average Bonchev–Trinajstić information content (AvgIpc) is 2.90. The summed E-state index contributed by atoms with van der Waals surface area (Å²) in [6.45, 7) is 0.275. The van der Waals surface area contributed by atoms with Crippen molar-refractivity contribution < 1.29 is 9.53 Å². The summed E-state index contributed by atoms with van der Waals surface area (Å²) in [7, 11) is 1.64. The van der Waals surface area contributed by atoms with E-state index in [2.05, 4.69) is 0 Å². The Kier molecular flexibility index (Phi) is 3.67. The number of benzene rings is 2. The molecule has 3 aromatic rings. The lowest BCUT2D eigenvalue weighted by Gasteiger charge is -2.07. The van der Waals surface area contributed by atoms with Crippen LogP contribution in [0.4, 0.5) is 0 Å². The summed E-state index contributed by atoms with van der Waals surface area (Å²) < 4.78 is 7.25. The molecule has 1 heterocycles. The summed E-state index contributed by atoms with van der Waals surface area (Å²) >= 11 is 5.93. The summed E-state index contributed by atoms with van der Waals surface area (Å²) in [6.07, 6.45) is 1.90. The lowest BCUT2D eigenvalue weighted by atomic mass is 10.1. The van der Waals surface area contributed by atoms with Crippen molar-refractivity contribution in [3.8, 4) is 5.75 Å². The number of fused-ring (bicyclic) bond motifs is 1. The molecular weight excluding hydrogens is 286 g/mol. The number of carbonyl (C=O) groups excluding carboxylic acids is 1. The van der Waals surface area contributed by atoms with E-state index < -0.39 is 0 Å². The molecule has 3 nitrogen and oxygen atoms in total. The second-order valence-corrected chi connectivity index (χ2v) is 5.21. The van der Waals surface area contributed by atoms with Gasteiger partial charge in [0.15, 0.2) is 5.78 Å². The Balaban J connectivity index is 1.93. The van der Waals surface area contributed by atoms with E-state index in [0.29, 0.717) is 10.6 Å². The minimum atomic E-state index is 0.0258. The van der Waals surface area contributed by atoms with E-state index in [-0.39, 0.29) is 12.3 Å². The zero-order chi connectivity index (χ0) is 14.8. The van der Waals surface area contributed by atoms with Crippen LogP contribution < -0.4 is 4.74 Å². The second-order valence-electron chi connectivity index (χ2n) is 4.77. The van der Waals surface area contributed by atoms with Crippen LogP contribution >= 0.6 is 11.6 Å². The molecule has 0 aliphatic carbocycles. The maximum atomic E-state index is 12.4. The van der Waals surface area contributed by atoms with Gasteiger partial charge in [-0.15, -0.1) is 0 Å². The van der Waals surface area contributed by atoms with Crippen LogP contribution in [0.3, 0.4) is 0 Å². The van der Waals surface area contributed by atoms with Crippen LogP contribution in [0.2, 0.25) is 5.02 Å². The molecule has 0 aliphatic heterocycles. The fraction of sp³-hybridized carbons (Fsp3) is 0.118. The number of carbonyl (C=O) groups is 1. The minimum absolute atomic E-state index is 0.0258. The molecule has 0 saturated heterocycles. The molecule has 106 valence electrons. The number of methoxy groups -OCH3 is 1. The lowest BCUT2D eigenvalue weighted by Crippen LogP contribution is -2.09. The van der Waals surface area contributed by atoms with Gasteiger partial charge >= 0.3 is 0 Å². The lowest BCUT2D eigenvalue weighted by molar-refractivity contribution is 0.0973. The van der Waals surface area contributed by atoms with E-state index in [1.165, 1.54) is 0 Å². The van der Waals surface area contributed by atoms with Crippen molar-refractivity contribution in [1.29, 1.82) is 0 Å². The third-order valence-corrected chi connectivity index (χ3v) is 3.69. The van der Waals surface area contributed by atoms with Gasteiger partial charge in [0.05, 0.1) is 19.2 Å². The molecule has 0 atom stereocenters. The molecule has 1 aromatic heterocycles. The first-order valence-electron chi connectivity index (χ1n) is 6.59. The number of Topliss-reactive ketones (excluding diaryl/α,β-unsaturated/α-hetero) is 1. The van der Waals surface area contributed by atoms with Gasteiger partial charge in [-0.25, -0.2) is 0 Å². The van der Waals surface area contributed by atoms with E-state index in [1.54, 1.807) is 31.4 Å². The number of hydrogen-bond acceptors (Lipinski definition) is 2. The highest BCUT2D eigenvalue weighted by Gasteiger charge is 2.11. The molecule has 21 heavy (non-hydrogen) atoms. The molecule has 0 aliphatic rings. The zero-order valence-electron chi connectivity index (χ0n) is 11.5. The molecule has 3 rings (SSSR count).